The van der Waals surface area contributed by atoms with E-state index in [-0.39, 0.29) is 23.6 Å². The molecule has 1 aromatic carbocycles. The van der Waals surface area contributed by atoms with Crippen LogP contribution in [0.15, 0.2) is 18.2 Å². The number of benzene rings is 1. The van der Waals surface area contributed by atoms with Crippen molar-refractivity contribution in [2.75, 3.05) is 14.2 Å². The average Bonchev–Trinajstić information content (AvgIpc) is 2.38. The van der Waals surface area contributed by atoms with Crippen LogP contribution in [0.3, 0.4) is 0 Å². The molecular formula is C15H23FN2O2. The lowest BCUT2D eigenvalue weighted by Gasteiger charge is -2.21. The number of hydrogen-bond donors (Lipinski definition) is 1. The highest BCUT2D eigenvalue weighted by Crippen LogP contribution is 2.18. The van der Waals surface area contributed by atoms with Crippen molar-refractivity contribution in [3.63, 3.8) is 0 Å². The lowest BCUT2D eigenvalue weighted by Crippen LogP contribution is -2.35. The van der Waals surface area contributed by atoms with Gasteiger partial charge in [-0.15, -0.1) is 0 Å². The summed E-state index contributed by atoms with van der Waals surface area (Å²) < 4.78 is 18.4. The van der Waals surface area contributed by atoms with Gasteiger partial charge in [-0.3, -0.25) is 4.79 Å². The smallest absolute Gasteiger partial charge is 0.224 e. The minimum atomic E-state index is -0.426. The first-order chi connectivity index (χ1) is 9.35. The molecule has 0 aliphatic carbocycles. The van der Waals surface area contributed by atoms with E-state index in [1.807, 2.05) is 13.8 Å². The van der Waals surface area contributed by atoms with Crippen LogP contribution in [0.2, 0.25) is 0 Å². The maximum atomic E-state index is 13.6. The maximum absolute atomic E-state index is 13.6. The number of carbonyl (C=O) groups excluding carboxylic acids is 1. The molecule has 112 valence electrons. The van der Waals surface area contributed by atoms with Crippen molar-refractivity contribution in [1.29, 1.82) is 0 Å². The van der Waals surface area contributed by atoms with E-state index in [0.29, 0.717) is 13.0 Å². The lowest BCUT2D eigenvalue weighted by molar-refractivity contribution is -0.131. The summed E-state index contributed by atoms with van der Waals surface area (Å²) in [6.45, 7) is 4.32. The largest absolute Gasteiger partial charge is 0.494 e. The maximum Gasteiger partial charge on any atom is 0.224 e. The standard InChI is InChI=1S/C15H23FN2O2/c1-10(2)13(17)8-15(19)18(3)9-11-5-6-14(20-4)12(16)7-11/h5-7,10,13H,8-9,17H2,1-4H3. The van der Waals surface area contributed by atoms with Gasteiger partial charge in [0.15, 0.2) is 11.6 Å². The number of amides is 1. The number of halogens is 1. The predicted octanol–water partition coefficient (Wildman–Crippen LogP) is 2.17. The predicted molar refractivity (Wildman–Crippen MR) is 76.9 cm³/mol. The molecule has 1 unspecified atom stereocenters. The zero-order chi connectivity index (χ0) is 15.3. The third kappa shape index (κ3) is 4.49. The molecule has 1 rings (SSSR count). The molecule has 2 N–H and O–H groups in total. The number of ether oxygens (including phenoxy) is 1. The highest BCUT2D eigenvalue weighted by molar-refractivity contribution is 5.76. The van der Waals surface area contributed by atoms with Gasteiger partial charge in [-0.05, 0) is 23.6 Å². The van der Waals surface area contributed by atoms with Crippen molar-refractivity contribution in [2.24, 2.45) is 11.7 Å². The van der Waals surface area contributed by atoms with Crippen molar-refractivity contribution in [3.8, 4) is 5.75 Å². The molecule has 0 heterocycles. The molecule has 0 saturated heterocycles. The Morgan fingerprint density at radius 1 is 1.45 bits per heavy atom. The number of carbonyl (C=O) groups is 1. The molecule has 4 nitrogen and oxygen atoms in total. The zero-order valence-corrected chi connectivity index (χ0v) is 12.5. The van der Waals surface area contributed by atoms with Crippen LogP contribution >= 0.6 is 0 Å². The Bertz CT molecular complexity index is 463. The molecule has 0 spiro atoms. The second-order valence-electron chi connectivity index (χ2n) is 5.33. The van der Waals surface area contributed by atoms with E-state index in [1.54, 1.807) is 24.1 Å². The summed E-state index contributed by atoms with van der Waals surface area (Å²) in [5.41, 5.74) is 6.61. The molecule has 5 heteroatoms. The topological polar surface area (TPSA) is 55.6 Å². The van der Waals surface area contributed by atoms with Gasteiger partial charge >= 0.3 is 0 Å². The first kappa shape index (κ1) is 16.4. The van der Waals surface area contributed by atoms with Gasteiger partial charge in [0.1, 0.15) is 0 Å². The molecule has 0 saturated carbocycles. The van der Waals surface area contributed by atoms with Crippen LogP contribution in [-0.4, -0.2) is 31.0 Å². The number of rotatable bonds is 6. The van der Waals surface area contributed by atoms with Gasteiger partial charge in [-0.25, -0.2) is 4.39 Å². The summed E-state index contributed by atoms with van der Waals surface area (Å²) in [4.78, 5) is 13.6. The monoisotopic (exact) mass is 282 g/mol. The van der Waals surface area contributed by atoms with Crippen LogP contribution in [-0.2, 0) is 11.3 Å². The van der Waals surface area contributed by atoms with Crippen molar-refractivity contribution in [1.82, 2.24) is 4.90 Å². The molecule has 0 fully saturated rings. The van der Waals surface area contributed by atoms with Crippen LogP contribution < -0.4 is 10.5 Å². The van der Waals surface area contributed by atoms with E-state index in [1.165, 1.54) is 13.2 Å². The quantitative estimate of drug-likeness (QED) is 0.870. The highest BCUT2D eigenvalue weighted by Gasteiger charge is 2.16. The minimum Gasteiger partial charge on any atom is -0.494 e. The molecule has 0 aliphatic heterocycles. The molecule has 1 aromatic rings. The second kappa shape index (κ2) is 7.24. The summed E-state index contributed by atoms with van der Waals surface area (Å²) in [5.74, 6) is -0.0116. The Hall–Kier alpha value is -1.62. The van der Waals surface area contributed by atoms with E-state index in [0.717, 1.165) is 5.56 Å². The minimum absolute atomic E-state index is 0.0394. The summed E-state index contributed by atoms with van der Waals surface area (Å²) >= 11 is 0. The summed E-state index contributed by atoms with van der Waals surface area (Å²) in [7, 11) is 3.11. The number of methoxy groups -OCH3 is 1. The molecular weight excluding hydrogens is 259 g/mol. The van der Waals surface area contributed by atoms with Crippen LogP contribution in [0.4, 0.5) is 4.39 Å². The third-order valence-electron chi connectivity index (χ3n) is 3.33. The average molecular weight is 282 g/mol. The van der Waals surface area contributed by atoms with Gasteiger partial charge in [0, 0.05) is 26.1 Å². The Kier molecular flexibility index (Phi) is 5.95. The Labute approximate surface area is 119 Å². The molecule has 0 bridgehead atoms. The molecule has 0 aliphatic rings. The zero-order valence-electron chi connectivity index (χ0n) is 12.5. The highest BCUT2D eigenvalue weighted by atomic mass is 19.1. The molecule has 0 radical (unpaired) electrons. The van der Waals surface area contributed by atoms with Gasteiger partial charge in [-0.2, -0.15) is 0 Å². The van der Waals surface area contributed by atoms with Crippen LogP contribution in [0.5, 0.6) is 5.75 Å². The van der Waals surface area contributed by atoms with Gasteiger partial charge in [0.2, 0.25) is 5.91 Å². The second-order valence-corrected chi connectivity index (χ2v) is 5.33. The molecule has 1 amide bonds. The Morgan fingerprint density at radius 2 is 2.10 bits per heavy atom. The normalized spacial score (nSPS) is 12.3. The van der Waals surface area contributed by atoms with Crippen molar-refractivity contribution < 1.29 is 13.9 Å². The van der Waals surface area contributed by atoms with Gasteiger partial charge < -0.3 is 15.4 Å². The van der Waals surface area contributed by atoms with Gasteiger partial charge in [0.05, 0.1) is 7.11 Å². The molecule has 0 aromatic heterocycles. The summed E-state index contributed by atoms with van der Waals surface area (Å²) in [5, 5.41) is 0. The lowest BCUT2D eigenvalue weighted by atomic mass is 10.0. The summed E-state index contributed by atoms with van der Waals surface area (Å²) in [6.07, 6.45) is 0.298. The van der Waals surface area contributed by atoms with Crippen molar-refractivity contribution in [3.05, 3.63) is 29.6 Å². The van der Waals surface area contributed by atoms with Gasteiger partial charge in [-0.1, -0.05) is 19.9 Å². The number of hydrogen-bond acceptors (Lipinski definition) is 3. The van der Waals surface area contributed by atoms with Crippen LogP contribution in [0.1, 0.15) is 25.8 Å². The molecule has 1 atom stereocenters. The third-order valence-corrected chi connectivity index (χ3v) is 3.33. The Morgan fingerprint density at radius 3 is 2.60 bits per heavy atom. The van der Waals surface area contributed by atoms with E-state index >= 15 is 0 Å². The fourth-order valence-electron chi connectivity index (χ4n) is 1.76. The van der Waals surface area contributed by atoms with Gasteiger partial charge in [0.25, 0.3) is 0 Å². The van der Waals surface area contributed by atoms with Crippen LogP contribution in [0, 0.1) is 11.7 Å². The number of nitrogens with zero attached hydrogens (tertiary/aromatic N) is 1. The SMILES string of the molecule is COc1ccc(CN(C)C(=O)CC(N)C(C)C)cc1F. The molecule has 20 heavy (non-hydrogen) atoms. The summed E-state index contributed by atoms with van der Waals surface area (Å²) in [6, 6.07) is 4.53. The van der Waals surface area contributed by atoms with Crippen molar-refractivity contribution >= 4 is 5.91 Å². The first-order valence-electron chi connectivity index (χ1n) is 6.67. The first-order valence-corrected chi connectivity index (χ1v) is 6.67. The van der Waals surface area contributed by atoms with E-state index in [4.69, 9.17) is 10.5 Å². The van der Waals surface area contributed by atoms with Crippen LogP contribution in [0.25, 0.3) is 0 Å². The van der Waals surface area contributed by atoms with E-state index < -0.39 is 5.82 Å². The van der Waals surface area contributed by atoms with Crippen molar-refractivity contribution in [2.45, 2.75) is 32.9 Å². The fraction of sp³-hybridized carbons (Fsp3) is 0.533. The number of nitrogens with two attached hydrogens (primary N) is 1. The van der Waals surface area contributed by atoms with E-state index in [2.05, 4.69) is 0 Å². The Balaban J connectivity index is 2.63. The van der Waals surface area contributed by atoms with E-state index in [9.17, 15) is 9.18 Å². The fourth-order valence-corrected chi connectivity index (χ4v) is 1.76.